The molecule has 0 saturated heterocycles. The molecule has 7 heteroatoms. The number of halogens is 2. The summed E-state index contributed by atoms with van der Waals surface area (Å²) >= 11 is 2.94. The molecule has 0 amide bonds. The molecular weight excluding hydrogens is 311 g/mol. The lowest BCUT2D eigenvalue weighted by Gasteiger charge is -2.09. The fourth-order valence-electron chi connectivity index (χ4n) is 1.40. The summed E-state index contributed by atoms with van der Waals surface area (Å²) in [4.78, 5) is -0.0913. The Morgan fingerprint density at radius 1 is 1.47 bits per heavy atom. The molecule has 4 nitrogen and oxygen atoms in total. The van der Waals surface area contributed by atoms with Crippen LogP contribution in [-0.4, -0.2) is 15.0 Å². The van der Waals surface area contributed by atoms with Crippen LogP contribution in [0.4, 0.5) is 10.1 Å². The van der Waals surface area contributed by atoms with Crippen LogP contribution >= 0.6 is 15.9 Å². The highest BCUT2D eigenvalue weighted by atomic mass is 79.9. The van der Waals surface area contributed by atoms with Crippen molar-refractivity contribution in [2.45, 2.75) is 17.7 Å². The molecule has 2 rings (SSSR count). The van der Waals surface area contributed by atoms with Crippen LogP contribution in [0.3, 0.4) is 0 Å². The summed E-state index contributed by atoms with van der Waals surface area (Å²) in [7, 11) is -3.66. The van der Waals surface area contributed by atoms with Gasteiger partial charge in [-0.05, 0) is 46.8 Å². The van der Waals surface area contributed by atoms with Crippen LogP contribution < -0.4 is 10.5 Å². The van der Waals surface area contributed by atoms with Crippen molar-refractivity contribution in [3.63, 3.8) is 0 Å². The maximum Gasteiger partial charge on any atom is 0.242 e. The van der Waals surface area contributed by atoms with E-state index in [1.165, 1.54) is 6.07 Å². The van der Waals surface area contributed by atoms with Gasteiger partial charge in [-0.15, -0.1) is 0 Å². The average molecular weight is 323 g/mol. The SMILES string of the molecule is Nc1cc(F)c(Br)cc1S(=O)(=O)NCC1CC1. The number of rotatable bonds is 4. The fourth-order valence-corrected chi connectivity index (χ4v) is 3.15. The van der Waals surface area contributed by atoms with E-state index in [-0.39, 0.29) is 15.1 Å². The zero-order chi connectivity index (χ0) is 12.6. The lowest BCUT2D eigenvalue weighted by molar-refractivity contribution is 0.577. The van der Waals surface area contributed by atoms with Gasteiger partial charge in [-0.3, -0.25) is 0 Å². The summed E-state index contributed by atoms with van der Waals surface area (Å²) < 4.78 is 39.5. The van der Waals surface area contributed by atoms with Crippen LogP contribution in [0.2, 0.25) is 0 Å². The number of nitrogen functional groups attached to an aromatic ring is 1. The van der Waals surface area contributed by atoms with Gasteiger partial charge in [0.15, 0.2) is 0 Å². The van der Waals surface area contributed by atoms with E-state index >= 15 is 0 Å². The number of hydrogen-bond donors (Lipinski definition) is 2. The maximum absolute atomic E-state index is 13.1. The van der Waals surface area contributed by atoms with Gasteiger partial charge >= 0.3 is 0 Å². The third-order valence-corrected chi connectivity index (χ3v) is 4.69. The standard InChI is InChI=1S/C10H12BrFN2O2S/c11-7-3-10(9(13)4-8(7)12)17(15,16)14-5-6-1-2-6/h3-4,6,14H,1-2,5,13H2. The van der Waals surface area contributed by atoms with Crippen molar-refractivity contribution >= 4 is 31.6 Å². The Morgan fingerprint density at radius 3 is 2.71 bits per heavy atom. The lowest BCUT2D eigenvalue weighted by Crippen LogP contribution is -2.26. The second-order valence-electron chi connectivity index (χ2n) is 4.10. The third-order valence-electron chi connectivity index (χ3n) is 2.60. The summed E-state index contributed by atoms with van der Waals surface area (Å²) in [5, 5.41) is 0. The van der Waals surface area contributed by atoms with Crippen molar-refractivity contribution in [3.05, 3.63) is 22.4 Å². The molecule has 1 saturated carbocycles. The molecule has 94 valence electrons. The number of sulfonamides is 1. The Bertz CT molecular complexity index is 543. The largest absolute Gasteiger partial charge is 0.398 e. The van der Waals surface area contributed by atoms with E-state index in [0.717, 1.165) is 18.9 Å². The Labute approximate surface area is 108 Å². The van der Waals surface area contributed by atoms with Crippen molar-refractivity contribution in [1.82, 2.24) is 4.72 Å². The number of anilines is 1. The minimum absolute atomic E-state index is 0.0819. The number of hydrogen-bond acceptors (Lipinski definition) is 3. The molecule has 0 atom stereocenters. The number of benzene rings is 1. The predicted molar refractivity (Wildman–Crippen MR) is 66.4 cm³/mol. The molecule has 17 heavy (non-hydrogen) atoms. The Kier molecular flexibility index (Phi) is 3.42. The first-order chi connectivity index (χ1) is 7.90. The van der Waals surface area contributed by atoms with Gasteiger partial charge in [-0.25, -0.2) is 17.5 Å². The topological polar surface area (TPSA) is 72.2 Å². The lowest BCUT2D eigenvalue weighted by atomic mass is 10.3. The van der Waals surface area contributed by atoms with Gasteiger partial charge < -0.3 is 5.73 Å². The highest BCUT2D eigenvalue weighted by molar-refractivity contribution is 9.10. The van der Waals surface area contributed by atoms with Crippen molar-refractivity contribution in [3.8, 4) is 0 Å². The second kappa shape index (κ2) is 4.55. The Balaban J connectivity index is 2.27. The molecule has 1 aliphatic rings. The molecular formula is C10H12BrFN2O2S. The monoisotopic (exact) mass is 322 g/mol. The fraction of sp³-hybridized carbons (Fsp3) is 0.400. The van der Waals surface area contributed by atoms with E-state index in [1.54, 1.807) is 0 Å². The van der Waals surface area contributed by atoms with Crippen LogP contribution in [0.1, 0.15) is 12.8 Å². The van der Waals surface area contributed by atoms with Gasteiger partial charge in [-0.2, -0.15) is 0 Å². The third kappa shape index (κ3) is 2.97. The van der Waals surface area contributed by atoms with Crippen LogP contribution in [0.15, 0.2) is 21.5 Å². The molecule has 0 spiro atoms. The Morgan fingerprint density at radius 2 is 2.12 bits per heavy atom. The van der Waals surface area contributed by atoms with E-state index < -0.39 is 15.8 Å². The second-order valence-corrected chi connectivity index (χ2v) is 6.69. The molecule has 0 heterocycles. The van der Waals surface area contributed by atoms with E-state index in [2.05, 4.69) is 20.7 Å². The van der Waals surface area contributed by atoms with Crippen molar-refractivity contribution in [2.24, 2.45) is 5.92 Å². The number of nitrogens with two attached hydrogens (primary N) is 1. The summed E-state index contributed by atoms with van der Waals surface area (Å²) in [6.07, 6.45) is 2.09. The smallest absolute Gasteiger partial charge is 0.242 e. The quantitative estimate of drug-likeness (QED) is 0.831. The molecule has 1 aromatic carbocycles. The van der Waals surface area contributed by atoms with Crippen LogP contribution in [-0.2, 0) is 10.0 Å². The summed E-state index contributed by atoms with van der Waals surface area (Å²) in [5.41, 5.74) is 5.43. The first kappa shape index (κ1) is 12.8. The normalized spacial score (nSPS) is 16.1. The molecule has 1 fully saturated rings. The predicted octanol–water partition coefficient (Wildman–Crippen LogP) is 1.86. The van der Waals surface area contributed by atoms with Crippen LogP contribution in [0.25, 0.3) is 0 Å². The van der Waals surface area contributed by atoms with Crippen molar-refractivity contribution in [2.75, 3.05) is 12.3 Å². The van der Waals surface area contributed by atoms with Gasteiger partial charge in [-0.1, -0.05) is 0 Å². The van der Waals surface area contributed by atoms with Gasteiger partial charge in [0.05, 0.1) is 10.2 Å². The first-order valence-corrected chi connectivity index (χ1v) is 7.42. The van der Waals surface area contributed by atoms with Crippen LogP contribution in [0.5, 0.6) is 0 Å². The first-order valence-electron chi connectivity index (χ1n) is 5.14. The van der Waals surface area contributed by atoms with Gasteiger partial charge in [0, 0.05) is 6.54 Å². The maximum atomic E-state index is 13.1. The minimum atomic E-state index is -3.66. The van der Waals surface area contributed by atoms with Gasteiger partial charge in [0.1, 0.15) is 10.7 Å². The van der Waals surface area contributed by atoms with Gasteiger partial charge in [0.2, 0.25) is 10.0 Å². The van der Waals surface area contributed by atoms with E-state index in [1.807, 2.05) is 0 Å². The Hall–Kier alpha value is -0.660. The van der Waals surface area contributed by atoms with Crippen molar-refractivity contribution < 1.29 is 12.8 Å². The number of nitrogens with one attached hydrogen (secondary N) is 1. The highest BCUT2D eigenvalue weighted by Gasteiger charge is 2.25. The molecule has 0 radical (unpaired) electrons. The van der Waals surface area contributed by atoms with Gasteiger partial charge in [0.25, 0.3) is 0 Å². The average Bonchev–Trinajstić information content (AvgIpc) is 3.04. The van der Waals surface area contributed by atoms with Crippen LogP contribution in [0, 0.1) is 11.7 Å². The highest BCUT2D eigenvalue weighted by Crippen LogP contribution is 2.29. The summed E-state index contributed by atoms with van der Waals surface area (Å²) in [5.74, 6) is -0.154. The molecule has 1 aromatic rings. The zero-order valence-electron chi connectivity index (χ0n) is 8.91. The summed E-state index contributed by atoms with van der Waals surface area (Å²) in [6.45, 7) is 0.413. The van der Waals surface area contributed by atoms with E-state index in [0.29, 0.717) is 12.5 Å². The van der Waals surface area contributed by atoms with E-state index in [4.69, 9.17) is 5.73 Å². The minimum Gasteiger partial charge on any atom is -0.398 e. The molecule has 0 unspecified atom stereocenters. The van der Waals surface area contributed by atoms with E-state index in [9.17, 15) is 12.8 Å². The van der Waals surface area contributed by atoms with Crippen molar-refractivity contribution in [1.29, 1.82) is 0 Å². The zero-order valence-corrected chi connectivity index (χ0v) is 11.3. The molecule has 0 bridgehead atoms. The molecule has 0 aliphatic heterocycles. The molecule has 0 aromatic heterocycles. The molecule has 3 N–H and O–H groups in total. The summed E-state index contributed by atoms with van der Waals surface area (Å²) in [6, 6.07) is 2.18. The molecule has 1 aliphatic carbocycles.